The number of likely N-dealkylation sites (tertiary alicyclic amines) is 1. The zero-order valence-electron chi connectivity index (χ0n) is 15.0. The van der Waals surface area contributed by atoms with Gasteiger partial charge in [0.15, 0.2) is 0 Å². The smallest absolute Gasteiger partial charge is 0.242 e. The molecule has 0 saturated carbocycles. The Morgan fingerprint density at radius 1 is 1.30 bits per heavy atom. The molecule has 23 heavy (non-hydrogen) atoms. The van der Waals surface area contributed by atoms with Crippen LogP contribution in [0.25, 0.3) is 0 Å². The highest BCUT2D eigenvalue weighted by molar-refractivity contribution is 5.88. The maximum atomic E-state index is 12.8. The van der Waals surface area contributed by atoms with Gasteiger partial charge in [-0.25, -0.2) is 0 Å². The van der Waals surface area contributed by atoms with Gasteiger partial charge in [-0.2, -0.15) is 0 Å². The first-order valence-electron chi connectivity index (χ1n) is 9.19. The maximum Gasteiger partial charge on any atom is 0.242 e. The Morgan fingerprint density at radius 2 is 2.00 bits per heavy atom. The Morgan fingerprint density at radius 3 is 2.61 bits per heavy atom. The standard InChI is InChI=1S/C18H33N3O2/c1-14(2)12-15(21-11-5-4-6-16(21)22)17(23)20-13-18(3)7-9-19-10-8-18/h14-15,19H,4-13H2,1-3H3,(H,20,23). The molecule has 0 radical (unpaired) electrons. The Kier molecular flexibility index (Phi) is 6.45. The van der Waals surface area contributed by atoms with Gasteiger partial charge in [0.2, 0.25) is 11.8 Å². The third-order valence-electron chi connectivity index (χ3n) is 5.23. The van der Waals surface area contributed by atoms with Crippen LogP contribution in [-0.4, -0.2) is 48.9 Å². The Hall–Kier alpha value is -1.10. The second-order valence-electron chi connectivity index (χ2n) is 7.97. The Bertz CT molecular complexity index is 416. The summed E-state index contributed by atoms with van der Waals surface area (Å²) in [6, 6.07) is -0.298. The van der Waals surface area contributed by atoms with E-state index in [9.17, 15) is 9.59 Å². The topological polar surface area (TPSA) is 61.4 Å². The molecule has 1 unspecified atom stereocenters. The number of hydrogen-bond acceptors (Lipinski definition) is 3. The molecule has 2 amide bonds. The first-order chi connectivity index (χ1) is 10.9. The van der Waals surface area contributed by atoms with E-state index in [0.717, 1.165) is 51.7 Å². The lowest BCUT2D eigenvalue weighted by Gasteiger charge is -2.37. The monoisotopic (exact) mass is 323 g/mol. The van der Waals surface area contributed by atoms with Crippen molar-refractivity contribution < 1.29 is 9.59 Å². The van der Waals surface area contributed by atoms with Gasteiger partial charge in [0.1, 0.15) is 6.04 Å². The number of carbonyl (C=O) groups excluding carboxylic acids is 2. The summed E-state index contributed by atoms with van der Waals surface area (Å²) in [5, 5.41) is 6.52. The second kappa shape index (κ2) is 8.13. The zero-order chi connectivity index (χ0) is 16.9. The fourth-order valence-electron chi connectivity index (χ4n) is 3.60. The van der Waals surface area contributed by atoms with Gasteiger partial charge in [0, 0.05) is 19.5 Å². The van der Waals surface area contributed by atoms with Crippen LogP contribution in [0.3, 0.4) is 0 Å². The minimum Gasteiger partial charge on any atom is -0.354 e. The van der Waals surface area contributed by atoms with E-state index >= 15 is 0 Å². The third kappa shape index (κ3) is 5.20. The summed E-state index contributed by atoms with van der Waals surface area (Å²) in [7, 11) is 0. The van der Waals surface area contributed by atoms with E-state index in [1.54, 1.807) is 0 Å². The van der Waals surface area contributed by atoms with E-state index in [4.69, 9.17) is 0 Å². The highest BCUT2D eigenvalue weighted by atomic mass is 16.2. The van der Waals surface area contributed by atoms with Crippen LogP contribution < -0.4 is 10.6 Å². The SMILES string of the molecule is CC(C)CC(C(=O)NCC1(C)CCNCC1)N1CCCCC1=O. The van der Waals surface area contributed by atoms with E-state index < -0.39 is 0 Å². The molecule has 5 heteroatoms. The van der Waals surface area contributed by atoms with Crippen molar-refractivity contribution in [3.05, 3.63) is 0 Å². The summed E-state index contributed by atoms with van der Waals surface area (Å²) >= 11 is 0. The second-order valence-corrected chi connectivity index (χ2v) is 7.97. The average molecular weight is 323 g/mol. The van der Waals surface area contributed by atoms with Crippen molar-refractivity contribution in [1.29, 1.82) is 0 Å². The van der Waals surface area contributed by atoms with Crippen LogP contribution in [0.15, 0.2) is 0 Å². The van der Waals surface area contributed by atoms with E-state index in [1.165, 1.54) is 0 Å². The number of rotatable bonds is 6. The molecule has 2 N–H and O–H groups in total. The molecule has 2 fully saturated rings. The Balaban J connectivity index is 1.97. The molecular weight excluding hydrogens is 290 g/mol. The van der Waals surface area contributed by atoms with Crippen molar-refractivity contribution in [2.75, 3.05) is 26.2 Å². The Labute approximate surface area is 140 Å². The molecule has 1 atom stereocenters. The number of hydrogen-bond donors (Lipinski definition) is 2. The molecular formula is C18H33N3O2. The molecule has 0 aromatic heterocycles. The fraction of sp³-hybridized carbons (Fsp3) is 0.889. The predicted molar refractivity (Wildman–Crippen MR) is 92.0 cm³/mol. The van der Waals surface area contributed by atoms with Crippen molar-refractivity contribution in [2.24, 2.45) is 11.3 Å². The summed E-state index contributed by atoms with van der Waals surface area (Å²) in [4.78, 5) is 26.8. The highest BCUT2D eigenvalue weighted by Crippen LogP contribution is 2.27. The molecule has 2 aliphatic rings. The lowest BCUT2D eigenvalue weighted by Crippen LogP contribution is -2.53. The molecule has 2 aliphatic heterocycles. The van der Waals surface area contributed by atoms with Crippen LogP contribution in [0.5, 0.6) is 0 Å². The number of amides is 2. The van der Waals surface area contributed by atoms with Crippen LogP contribution in [0.1, 0.15) is 59.3 Å². The average Bonchev–Trinajstić information content (AvgIpc) is 2.52. The summed E-state index contributed by atoms with van der Waals surface area (Å²) in [6.45, 7) is 9.96. The lowest BCUT2D eigenvalue weighted by atomic mass is 9.81. The van der Waals surface area contributed by atoms with Gasteiger partial charge in [-0.15, -0.1) is 0 Å². The van der Waals surface area contributed by atoms with Crippen LogP contribution in [0.4, 0.5) is 0 Å². The molecule has 5 nitrogen and oxygen atoms in total. The van der Waals surface area contributed by atoms with E-state index in [0.29, 0.717) is 18.9 Å². The van der Waals surface area contributed by atoms with Crippen molar-refractivity contribution in [3.8, 4) is 0 Å². The normalized spacial score (nSPS) is 23.0. The van der Waals surface area contributed by atoms with Crippen LogP contribution in [-0.2, 0) is 9.59 Å². The molecule has 2 rings (SSSR count). The zero-order valence-corrected chi connectivity index (χ0v) is 15.0. The number of nitrogens with zero attached hydrogens (tertiary/aromatic N) is 1. The van der Waals surface area contributed by atoms with Gasteiger partial charge >= 0.3 is 0 Å². The van der Waals surface area contributed by atoms with Gasteiger partial charge in [-0.3, -0.25) is 9.59 Å². The number of nitrogens with one attached hydrogen (secondary N) is 2. The van der Waals surface area contributed by atoms with Crippen molar-refractivity contribution in [1.82, 2.24) is 15.5 Å². The van der Waals surface area contributed by atoms with Gasteiger partial charge in [0.05, 0.1) is 0 Å². The van der Waals surface area contributed by atoms with Crippen LogP contribution in [0, 0.1) is 11.3 Å². The van der Waals surface area contributed by atoms with Crippen LogP contribution in [0.2, 0.25) is 0 Å². The summed E-state index contributed by atoms with van der Waals surface area (Å²) < 4.78 is 0. The molecule has 0 aromatic rings. The molecule has 2 saturated heterocycles. The van der Waals surface area contributed by atoms with Gasteiger partial charge in [-0.1, -0.05) is 20.8 Å². The van der Waals surface area contributed by atoms with Gasteiger partial charge in [-0.05, 0) is 56.5 Å². The molecule has 132 valence electrons. The molecule has 0 bridgehead atoms. The number of piperidine rings is 2. The first-order valence-corrected chi connectivity index (χ1v) is 9.19. The highest BCUT2D eigenvalue weighted by Gasteiger charge is 2.33. The minimum atomic E-state index is -0.298. The van der Waals surface area contributed by atoms with Crippen molar-refractivity contribution >= 4 is 11.8 Å². The van der Waals surface area contributed by atoms with E-state index in [1.807, 2.05) is 4.90 Å². The van der Waals surface area contributed by atoms with Gasteiger partial charge in [0.25, 0.3) is 0 Å². The minimum absolute atomic E-state index is 0.0358. The first kappa shape index (κ1) is 18.2. The lowest BCUT2D eigenvalue weighted by molar-refractivity contribution is -0.143. The predicted octanol–water partition coefficient (Wildman–Crippen LogP) is 1.92. The summed E-state index contributed by atoms with van der Waals surface area (Å²) in [5.41, 5.74) is 0.176. The molecule has 2 heterocycles. The largest absolute Gasteiger partial charge is 0.354 e. The van der Waals surface area contributed by atoms with Crippen LogP contribution >= 0.6 is 0 Å². The summed E-state index contributed by atoms with van der Waals surface area (Å²) in [5.74, 6) is 0.578. The summed E-state index contributed by atoms with van der Waals surface area (Å²) in [6.07, 6.45) is 5.48. The molecule has 0 spiro atoms. The fourth-order valence-corrected chi connectivity index (χ4v) is 3.60. The maximum absolute atomic E-state index is 12.8. The quantitative estimate of drug-likeness (QED) is 0.785. The third-order valence-corrected chi connectivity index (χ3v) is 5.23. The molecule has 0 aliphatic carbocycles. The van der Waals surface area contributed by atoms with Crippen molar-refractivity contribution in [3.63, 3.8) is 0 Å². The van der Waals surface area contributed by atoms with Crippen molar-refractivity contribution in [2.45, 2.75) is 65.3 Å². The van der Waals surface area contributed by atoms with E-state index in [-0.39, 0.29) is 23.3 Å². The number of carbonyl (C=O) groups is 2. The van der Waals surface area contributed by atoms with Gasteiger partial charge < -0.3 is 15.5 Å². The van der Waals surface area contributed by atoms with E-state index in [2.05, 4.69) is 31.4 Å². The molecule has 0 aromatic carbocycles.